The van der Waals surface area contributed by atoms with Crippen molar-refractivity contribution in [3.63, 3.8) is 0 Å². The molecule has 2 aromatic heterocycles. The van der Waals surface area contributed by atoms with Crippen LogP contribution < -0.4 is 5.32 Å². The van der Waals surface area contributed by atoms with Crippen molar-refractivity contribution >= 4 is 33.7 Å². The summed E-state index contributed by atoms with van der Waals surface area (Å²) in [6, 6.07) is 6.35. The van der Waals surface area contributed by atoms with Crippen LogP contribution in [0, 0.1) is 5.92 Å². The SMILES string of the molecule is O=C1CCC(c2noc3ccc4c(ccn4[C@H]4CC[C@@H](CO)C4)c23)C(=O)N1. The Morgan fingerprint density at radius 3 is 2.89 bits per heavy atom. The van der Waals surface area contributed by atoms with E-state index in [2.05, 4.69) is 27.3 Å². The first-order valence-corrected chi connectivity index (χ1v) is 9.49. The molecule has 2 amide bonds. The number of rotatable bonds is 3. The van der Waals surface area contributed by atoms with Gasteiger partial charge in [0.15, 0.2) is 5.58 Å². The summed E-state index contributed by atoms with van der Waals surface area (Å²) in [7, 11) is 0. The van der Waals surface area contributed by atoms with Gasteiger partial charge in [-0.2, -0.15) is 0 Å². The lowest BCUT2D eigenvalue weighted by atomic mass is 9.92. The summed E-state index contributed by atoms with van der Waals surface area (Å²) in [6.07, 6.45) is 5.91. The fourth-order valence-electron chi connectivity index (χ4n) is 4.68. The van der Waals surface area contributed by atoms with E-state index in [4.69, 9.17) is 4.52 Å². The molecule has 140 valence electrons. The molecule has 0 bridgehead atoms. The van der Waals surface area contributed by atoms with Crippen LogP contribution in [0.1, 0.15) is 49.8 Å². The Morgan fingerprint density at radius 1 is 1.22 bits per heavy atom. The van der Waals surface area contributed by atoms with Crippen LogP contribution in [0.2, 0.25) is 0 Å². The number of aliphatic hydroxyl groups excluding tert-OH is 1. The third-order valence-corrected chi connectivity index (χ3v) is 6.10. The van der Waals surface area contributed by atoms with Crippen molar-refractivity contribution in [3.8, 4) is 0 Å². The highest BCUT2D eigenvalue weighted by molar-refractivity contribution is 6.09. The predicted molar refractivity (Wildman–Crippen MR) is 98.1 cm³/mol. The molecule has 5 rings (SSSR count). The molecule has 7 heteroatoms. The average molecular weight is 367 g/mol. The number of hydrogen-bond acceptors (Lipinski definition) is 5. The number of aromatic nitrogens is 2. The van der Waals surface area contributed by atoms with Crippen molar-refractivity contribution in [1.82, 2.24) is 15.0 Å². The standard InChI is InChI=1S/C20H21N3O4/c24-10-11-1-2-12(9-11)23-8-7-13-15(23)4-5-16-18(13)19(22-27-16)14-3-6-17(25)21-20(14)26/h4-5,7-8,11-12,14,24H,1-3,6,9-10H2,(H,21,25,26)/t11-,12+,14?/m1/s1. The number of amides is 2. The highest BCUT2D eigenvalue weighted by atomic mass is 16.5. The smallest absolute Gasteiger partial charge is 0.235 e. The Morgan fingerprint density at radius 2 is 2.11 bits per heavy atom. The Bertz CT molecular complexity index is 1050. The number of nitrogens with one attached hydrogen (secondary N) is 1. The van der Waals surface area contributed by atoms with Gasteiger partial charge in [-0.1, -0.05) is 5.16 Å². The van der Waals surface area contributed by atoms with Crippen molar-refractivity contribution in [2.75, 3.05) is 6.61 Å². The zero-order valence-corrected chi connectivity index (χ0v) is 14.9. The fourth-order valence-corrected chi connectivity index (χ4v) is 4.68. The van der Waals surface area contributed by atoms with Crippen LogP contribution in [0.15, 0.2) is 28.9 Å². The van der Waals surface area contributed by atoms with Crippen LogP contribution in [0.5, 0.6) is 0 Å². The van der Waals surface area contributed by atoms with Gasteiger partial charge < -0.3 is 14.2 Å². The first-order valence-electron chi connectivity index (χ1n) is 9.49. The molecule has 1 unspecified atom stereocenters. The molecule has 1 saturated carbocycles. The Labute approximate surface area is 155 Å². The van der Waals surface area contributed by atoms with Crippen molar-refractivity contribution in [2.24, 2.45) is 5.92 Å². The van der Waals surface area contributed by atoms with E-state index in [0.717, 1.165) is 35.6 Å². The lowest BCUT2D eigenvalue weighted by Crippen LogP contribution is -2.39. The molecule has 1 aliphatic carbocycles. The molecule has 1 aromatic carbocycles. The lowest BCUT2D eigenvalue weighted by Gasteiger charge is -2.19. The van der Waals surface area contributed by atoms with Crippen LogP contribution in [0.4, 0.5) is 0 Å². The highest BCUT2D eigenvalue weighted by Gasteiger charge is 2.33. The first-order chi connectivity index (χ1) is 13.2. The summed E-state index contributed by atoms with van der Waals surface area (Å²) in [4.78, 5) is 23.8. The topological polar surface area (TPSA) is 97.4 Å². The van der Waals surface area contributed by atoms with E-state index in [0.29, 0.717) is 36.1 Å². The van der Waals surface area contributed by atoms with Gasteiger partial charge >= 0.3 is 0 Å². The molecule has 7 nitrogen and oxygen atoms in total. The second kappa shape index (κ2) is 6.20. The quantitative estimate of drug-likeness (QED) is 0.694. The summed E-state index contributed by atoms with van der Waals surface area (Å²) in [5.74, 6) is -0.645. The Kier molecular flexibility index (Phi) is 3.79. The van der Waals surface area contributed by atoms with E-state index in [1.807, 2.05) is 12.1 Å². The van der Waals surface area contributed by atoms with E-state index in [1.165, 1.54) is 0 Å². The van der Waals surface area contributed by atoms with Crippen molar-refractivity contribution in [1.29, 1.82) is 0 Å². The van der Waals surface area contributed by atoms with Gasteiger partial charge in [-0.25, -0.2) is 0 Å². The van der Waals surface area contributed by atoms with E-state index in [1.54, 1.807) is 0 Å². The van der Waals surface area contributed by atoms with Crippen LogP contribution >= 0.6 is 0 Å². The van der Waals surface area contributed by atoms with Gasteiger partial charge in [0.1, 0.15) is 5.69 Å². The first kappa shape index (κ1) is 16.5. The van der Waals surface area contributed by atoms with Gasteiger partial charge in [0.2, 0.25) is 11.8 Å². The third-order valence-electron chi connectivity index (χ3n) is 6.10. The molecule has 3 atom stereocenters. The predicted octanol–water partition coefficient (Wildman–Crippen LogP) is 2.64. The molecule has 3 aromatic rings. The van der Waals surface area contributed by atoms with Gasteiger partial charge in [0, 0.05) is 36.2 Å². The number of aliphatic hydroxyl groups is 1. The number of carbonyl (C=O) groups excluding carboxylic acids is 2. The number of fused-ring (bicyclic) bond motifs is 3. The maximum Gasteiger partial charge on any atom is 0.235 e. The summed E-state index contributed by atoms with van der Waals surface area (Å²) in [5.41, 5.74) is 2.35. The zero-order valence-electron chi connectivity index (χ0n) is 14.9. The summed E-state index contributed by atoms with van der Waals surface area (Å²) >= 11 is 0. The molecule has 2 N–H and O–H groups in total. The number of benzene rings is 1. The Hall–Kier alpha value is -2.67. The Balaban J connectivity index is 1.60. The lowest BCUT2D eigenvalue weighted by molar-refractivity contribution is -0.134. The molecule has 0 spiro atoms. The van der Waals surface area contributed by atoms with E-state index < -0.39 is 5.92 Å². The molecule has 3 heterocycles. The molecular formula is C20H21N3O4. The monoisotopic (exact) mass is 367 g/mol. The van der Waals surface area contributed by atoms with E-state index in [9.17, 15) is 14.7 Å². The summed E-state index contributed by atoms with van der Waals surface area (Å²) < 4.78 is 7.77. The van der Waals surface area contributed by atoms with Crippen LogP contribution in [-0.4, -0.2) is 33.3 Å². The molecule has 27 heavy (non-hydrogen) atoms. The fraction of sp³-hybridized carbons (Fsp3) is 0.450. The van der Waals surface area contributed by atoms with Gasteiger partial charge in [-0.15, -0.1) is 0 Å². The molecule has 2 aliphatic rings. The maximum absolute atomic E-state index is 12.3. The molecule has 1 saturated heterocycles. The minimum absolute atomic E-state index is 0.236. The van der Waals surface area contributed by atoms with Crippen LogP contribution in [-0.2, 0) is 9.59 Å². The number of hydrogen-bond donors (Lipinski definition) is 2. The van der Waals surface area contributed by atoms with E-state index >= 15 is 0 Å². The van der Waals surface area contributed by atoms with Crippen molar-refractivity contribution in [3.05, 3.63) is 30.1 Å². The van der Waals surface area contributed by atoms with Crippen LogP contribution in [0.3, 0.4) is 0 Å². The maximum atomic E-state index is 12.3. The van der Waals surface area contributed by atoms with Gasteiger partial charge in [-0.3, -0.25) is 14.9 Å². The van der Waals surface area contributed by atoms with Crippen molar-refractivity contribution in [2.45, 2.75) is 44.1 Å². The number of imide groups is 1. The molecular weight excluding hydrogens is 346 g/mol. The van der Waals surface area contributed by atoms with Gasteiger partial charge in [0.05, 0.1) is 11.3 Å². The number of carbonyl (C=O) groups is 2. The van der Waals surface area contributed by atoms with Gasteiger partial charge in [0.25, 0.3) is 0 Å². The number of piperidine rings is 1. The van der Waals surface area contributed by atoms with E-state index in [-0.39, 0.29) is 18.4 Å². The second-order valence-electron chi connectivity index (χ2n) is 7.68. The molecule has 2 fully saturated rings. The largest absolute Gasteiger partial charge is 0.396 e. The molecule has 0 radical (unpaired) electrons. The minimum atomic E-state index is -0.469. The van der Waals surface area contributed by atoms with Crippen molar-refractivity contribution < 1.29 is 19.2 Å². The summed E-state index contributed by atoms with van der Waals surface area (Å²) in [6.45, 7) is 0.241. The van der Waals surface area contributed by atoms with Crippen LogP contribution in [0.25, 0.3) is 21.9 Å². The minimum Gasteiger partial charge on any atom is -0.396 e. The van der Waals surface area contributed by atoms with Gasteiger partial charge in [-0.05, 0) is 49.8 Å². The normalized spacial score (nSPS) is 26.2. The summed E-state index contributed by atoms with van der Waals surface area (Å²) in [5, 5.41) is 17.9. The second-order valence-corrected chi connectivity index (χ2v) is 7.68. The third kappa shape index (κ3) is 2.56. The average Bonchev–Trinajstić information content (AvgIpc) is 3.38. The zero-order chi connectivity index (χ0) is 18.5. The molecule has 1 aliphatic heterocycles. The number of nitrogens with zero attached hydrogens (tertiary/aromatic N) is 2. The highest BCUT2D eigenvalue weighted by Crippen LogP contribution is 2.40.